The van der Waals surface area contributed by atoms with Gasteiger partial charge >= 0.3 is 5.97 Å². The van der Waals surface area contributed by atoms with E-state index in [2.05, 4.69) is 0 Å². The predicted octanol–water partition coefficient (Wildman–Crippen LogP) is -0.239. The largest absolute Gasteiger partial charge is 0.478 e. The Kier molecular flexibility index (Phi) is 4.18. The smallest absolute Gasteiger partial charge is 0.335 e. The van der Waals surface area contributed by atoms with Gasteiger partial charge in [0.05, 0.1) is 5.56 Å². The van der Waals surface area contributed by atoms with Gasteiger partial charge < -0.3 is 5.11 Å². The number of benzene rings is 1. The topological polar surface area (TPSA) is 144 Å². The second-order valence-corrected chi connectivity index (χ2v) is 7.87. The van der Waals surface area contributed by atoms with E-state index in [0.717, 1.165) is 6.92 Å². The van der Waals surface area contributed by atoms with Gasteiger partial charge in [0.25, 0.3) is 10.0 Å². The summed E-state index contributed by atoms with van der Waals surface area (Å²) in [7, 11) is -8.46. The van der Waals surface area contributed by atoms with Crippen LogP contribution in [0.25, 0.3) is 0 Å². The van der Waals surface area contributed by atoms with E-state index in [1.165, 1.54) is 24.3 Å². The molecule has 0 amide bonds. The van der Waals surface area contributed by atoms with E-state index in [1.54, 1.807) is 0 Å². The number of nitrogens with one attached hydrogen (secondary N) is 1. The van der Waals surface area contributed by atoms with Crippen LogP contribution in [0.2, 0.25) is 0 Å². The zero-order valence-corrected chi connectivity index (χ0v) is 11.4. The van der Waals surface area contributed by atoms with Crippen molar-refractivity contribution in [1.29, 1.82) is 0 Å². The molecule has 0 aliphatic heterocycles. The van der Waals surface area contributed by atoms with Gasteiger partial charge in [-0.2, -0.15) is 0 Å². The van der Waals surface area contributed by atoms with Crippen LogP contribution in [0.4, 0.5) is 5.69 Å². The standard InChI is InChI=1S/C9H12N2O6S2/c1-6(18(10,14)15)19(16,17)11-8-4-2-7(3-5-8)9(12)13/h2-6,11H,1H3,(H,12,13)(H2,10,14,15). The maximum atomic E-state index is 11.7. The maximum Gasteiger partial charge on any atom is 0.335 e. The molecule has 106 valence electrons. The summed E-state index contributed by atoms with van der Waals surface area (Å²) >= 11 is 0. The van der Waals surface area contributed by atoms with Gasteiger partial charge in [-0.1, -0.05) is 0 Å². The van der Waals surface area contributed by atoms with Gasteiger partial charge in [-0.05, 0) is 31.2 Å². The van der Waals surface area contributed by atoms with Crippen LogP contribution in [0.15, 0.2) is 24.3 Å². The Balaban J connectivity index is 3.00. The van der Waals surface area contributed by atoms with E-state index in [4.69, 9.17) is 10.2 Å². The van der Waals surface area contributed by atoms with Gasteiger partial charge in [0.2, 0.25) is 10.0 Å². The summed E-state index contributed by atoms with van der Waals surface area (Å²) in [5.74, 6) is -1.16. The number of aromatic carboxylic acids is 1. The Morgan fingerprint density at radius 3 is 2.05 bits per heavy atom. The van der Waals surface area contributed by atoms with Crippen molar-refractivity contribution in [2.45, 2.75) is 11.5 Å². The van der Waals surface area contributed by atoms with Crippen LogP contribution in [0.3, 0.4) is 0 Å². The first kappa shape index (κ1) is 15.4. The van der Waals surface area contributed by atoms with Crippen LogP contribution < -0.4 is 9.86 Å². The number of rotatable bonds is 5. The number of hydrogen-bond acceptors (Lipinski definition) is 5. The van der Waals surface area contributed by atoms with Gasteiger partial charge in [-0.3, -0.25) is 4.72 Å². The third-order valence-corrected chi connectivity index (χ3v) is 6.18. The Morgan fingerprint density at radius 1 is 1.21 bits per heavy atom. The first-order valence-electron chi connectivity index (χ1n) is 4.90. The highest BCUT2D eigenvalue weighted by atomic mass is 32.3. The van der Waals surface area contributed by atoms with E-state index in [9.17, 15) is 21.6 Å². The Morgan fingerprint density at radius 2 is 1.68 bits per heavy atom. The fourth-order valence-electron chi connectivity index (χ4n) is 1.10. The SMILES string of the molecule is CC(S(N)(=O)=O)S(=O)(=O)Nc1ccc(C(=O)O)cc1. The zero-order valence-electron chi connectivity index (χ0n) is 9.77. The molecule has 1 aromatic rings. The molecule has 4 N–H and O–H groups in total. The van der Waals surface area contributed by atoms with Crippen molar-refractivity contribution in [2.75, 3.05) is 4.72 Å². The first-order valence-corrected chi connectivity index (χ1v) is 8.06. The molecular formula is C9H12N2O6S2. The minimum Gasteiger partial charge on any atom is -0.478 e. The Hall–Kier alpha value is -1.65. The minimum atomic E-state index is -4.25. The maximum absolute atomic E-state index is 11.7. The lowest BCUT2D eigenvalue weighted by Gasteiger charge is -2.12. The minimum absolute atomic E-state index is 0.0255. The third-order valence-electron chi connectivity index (χ3n) is 2.29. The van der Waals surface area contributed by atoms with E-state index < -0.39 is 30.6 Å². The molecule has 0 heterocycles. The predicted molar refractivity (Wildman–Crippen MR) is 68.5 cm³/mol. The number of carboxylic acids is 1. The van der Waals surface area contributed by atoms with Crippen molar-refractivity contribution < 1.29 is 26.7 Å². The average molecular weight is 308 g/mol. The number of primary sulfonamides is 1. The molecule has 1 unspecified atom stereocenters. The van der Waals surface area contributed by atoms with Crippen LogP contribution in [-0.2, 0) is 20.0 Å². The lowest BCUT2D eigenvalue weighted by atomic mass is 10.2. The van der Waals surface area contributed by atoms with Crippen molar-refractivity contribution >= 4 is 31.7 Å². The van der Waals surface area contributed by atoms with Crippen molar-refractivity contribution in [1.82, 2.24) is 0 Å². The monoisotopic (exact) mass is 308 g/mol. The van der Waals surface area contributed by atoms with Crippen molar-refractivity contribution in [3.8, 4) is 0 Å². The van der Waals surface area contributed by atoms with Crippen molar-refractivity contribution in [3.63, 3.8) is 0 Å². The summed E-state index contributed by atoms with van der Waals surface area (Å²) in [6.07, 6.45) is 0. The molecule has 0 aliphatic carbocycles. The van der Waals surface area contributed by atoms with Crippen molar-refractivity contribution in [2.24, 2.45) is 5.14 Å². The summed E-state index contributed by atoms with van der Waals surface area (Å²) in [6.45, 7) is 0.934. The van der Waals surface area contributed by atoms with Crippen LogP contribution in [0, 0.1) is 0 Å². The van der Waals surface area contributed by atoms with E-state index in [0.29, 0.717) is 0 Å². The van der Waals surface area contributed by atoms with Gasteiger partial charge in [-0.15, -0.1) is 0 Å². The lowest BCUT2D eigenvalue weighted by molar-refractivity contribution is 0.0697. The number of nitrogens with two attached hydrogens (primary N) is 1. The first-order chi connectivity index (χ1) is 8.54. The number of hydrogen-bond donors (Lipinski definition) is 3. The molecule has 0 radical (unpaired) electrons. The van der Waals surface area contributed by atoms with Gasteiger partial charge in [-0.25, -0.2) is 26.8 Å². The summed E-state index contributed by atoms with van der Waals surface area (Å²) in [5, 5.41) is 13.4. The molecule has 0 aromatic heterocycles. The molecule has 0 aliphatic rings. The summed E-state index contributed by atoms with van der Waals surface area (Å²) in [5.41, 5.74) is 0.0166. The zero-order chi connectivity index (χ0) is 14.8. The highest BCUT2D eigenvalue weighted by Crippen LogP contribution is 2.15. The van der Waals surface area contributed by atoms with Gasteiger partial charge in [0, 0.05) is 5.69 Å². The normalized spacial score (nSPS) is 13.8. The molecule has 19 heavy (non-hydrogen) atoms. The molecule has 8 nitrogen and oxygen atoms in total. The van der Waals surface area contributed by atoms with E-state index in [-0.39, 0.29) is 11.3 Å². The number of carbonyl (C=O) groups is 1. The second kappa shape index (κ2) is 5.15. The molecule has 1 atom stereocenters. The second-order valence-electron chi connectivity index (χ2n) is 3.69. The molecule has 0 fully saturated rings. The van der Waals surface area contributed by atoms with Gasteiger partial charge in [0.15, 0.2) is 4.58 Å². The number of anilines is 1. The molecule has 0 saturated carbocycles. The highest BCUT2D eigenvalue weighted by Gasteiger charge is 2.30. The fourth-order valence-corrected chi connectivity index (χ4v) is 3.29. The number of sulfonamides is 2. The van der Waals surface area contributed by atoms with E-state index in [1.807, 2.05) is 4.72 Å². The summed E-state index contributed by atoms with van der Waals surface area (Å²) in [4.78, 5) is 10.6. The third kappa shape index (κ3) is 3.91. The van der Waals surface area contributed by atoms with Crippen LogP contribution in [0.5, 0.6) is 0 Å². The average Bonchev–Trinajstić information content (AvgIpc) is 2.27. The Labute approximate surface area is 110 Å². The van der Waals surface area contributed by atoms with Crippen LogP contribution in [-0.4, -0.2) is 32.5 Å². The van der Waals surface area contributed by atoms with Crippen LogP contribution >= 0.6 is 0 Å². The van der Waals surface area contributed by atoms with E-state index >= 15 is 0 Å². The molecule has 0 saturated heterocycles. The molecule has 0 spiro atoms. The molecule has 0 bridgehead atoms. The number of carboxylic acid groups (broad SMARTS) is 1. The van der Waals surface area contributed by atoms with Gasteiger partial charge in [0.1, 0.15) is 0 Å². The lowest BCUT2D eigenvalue weighted by Crippen LogP contribution is -2.36. The summed E-state index contributed by atoms with van der Waals surface area (Å²) in [6, 6.07) is 4.78. The molecule has 1 aromatic carbocycles. The molecule has 10 heteroatoms. The highest BCUT2D eigenvalue weighted by molar-refractivity contribution is 8.08. The van der Waals surface area contributed by atoms with Crippen LogP contribution in [0.1, 0.15) is 17.3 Å². The Bertz CT molecular complexity index is 678. The summed E-state index contributed by atoms with van der Waals surface area (Å²) < 4.78 is 45.5. The van der Waals surface area contributed by atoms with Crippen molar-refractivity contribution in [3.05, 3.63) is 29.8 Å². The molecule has 1 rings (SSSR count). The molecular weight excluding hydrogens is 296 g/mol. The fraction of sp³-hybridized carbons (Fsp3) is 0.222. The quantitative estimate of drug-likeness (QED) is 0.685.